The molecular weight excluding hydrogens is 695 g/mol. The largest absolute Gasteiger partial charge is 0.472 e. The van der Waals surface area contributed by atoms with Gasteiger partial charge in [-0.3, -0.25) is 13.8 Å². The molecule has 3 N–H and O–H groups in total. The molecule has 0 bridgehead atoms. The number of unbranched alkanes of at least 4 members (excludes halogenated alkanes) is 20. The Morgan fingerprint density at radius 2 is 1.07 bits per heavy atom. The zero-order valence-corrected chi connectivity index (χ0v) is 36.6. The van der Waals surface area contributed by atoms with Crippen molar-refractivity contribution in [2.45, 2.75) is 193 Å². The van der Waals surface area contributed by atoms with Crippen LogP contribution in [0.5, 0.6) is 0 Å². The van der Waals surface area contributed by atoms with Gasteiger partial charge in [-0.25, -0.2) is 4.57 Å². The van der Waals surface area contributed by atoms with Gasteiger partial charge in [0.05, 0.1) is 39.9 Å². The van der Waals surface area contributed by atoms with Crippen LogP contribution in [0.25, 0.3) is 0 Å². The summed E-state index contributed by atoms with van der Waals surface area (Å²) in [6.45, 7) is 4.74. The predicted molar refractivity (Wildman–Crippen MR) is 231 cm³/mol. The minimum Gasteiger partial charge on any atom is -0.387 e. The molecule has 0 rings (SSSR count). The predicted octanol–water partition coefficient (Wildman–Crippen LogP) is 12.1. The molecule has 3 atom stereocenters. The van der Waals surface area contributed by atoms with Crippen LogP contribution in [0.15, 0.2) is 48.6 Å². The topological polar surface area (TPSA) is 105 Å². The molecule has 1 amide bonds. The zero-order chi connectivity index (χ0) is 40.0. The average Bonchev–Trinajstić information content (AvgIpc) is 3.12. The van der Waals surface area contributed by atoms with Crippen LogP contribution in [0.3, 0.4) is 0 Å². The Bertz CT molecular complexity index is 1020. The van der Waals surface area contributed by atoms with Crippen molar-refractivity contribution in [3.05, 3.63) is 48.6 Å². The fraction of sp³-hybridized carbons (Fsp3) is 0.800. The van der Waals surface area contributed by atoms with Crippen molar-refractivity contribution in [3.63, 3.8) is 0 Å². The number of rotatable bonds is 39. The van der Waals surface area contributed by atoms with Crippen LogP contribution in [-0.2, 0) is 18.4 Å². The van der Waals surface area contributed by atoms with E-state index in [2.05, 4.69) is 55.6 Å². The highest BCUT2D eigenvalue weighted by atomic mass is 31.2. The highest BCUT2D eigenvalue weighted by Crippen LogP contribution is 2.43. The van der Waals surface area contributed by atoms with Gasteiger partial charge in [-0.1, -0.05) is 159 Å². The first-order chi connectivity index (χ1) is 26.0. The number of phosphoric acid groups is 1. The Morgan fingerprint density at radius 1 is 0.630 bits per heavy atom. The maximum absolute atomic E-state index is 12.8. The number of likely N-dealkylation sites (N-methyl/N-ethyl adjacent to an activating group) is 1. The number of nitrogens with one attached hydrogen (secondary N) is 1. The molecule has 0 aromatic heterocycles. The van der Waals surface area contributed by atoms with Gasteiger partial charge >= 0.3 is 7.82 Å². The molecule has 0 saturated heterocycles. The van der Waals surface area contributed by atoms with Gasteiger partial charge in [0.25, 0.3) is 0 Å². The van der Waals surface area contributed by atoms with Gasteiger partial charge in [0.2, 0.25) is 5.91 Å². The van der Waals surface area contributed by atoms with Gasteiger partial charge in [-0.05, 0) is 64.2 Å². The number of quaternary nitrogens is 1. The Hall–Kier alpha value is -1.54. The zero-order valence-electron chi connectivity index (χ0n) is 35.7. The van der Waals surface area contributed by atoms with E-state index in [9.17, 15) is 19.4 Å². The number of phosphoric ester groups is 1. The summed E-state index contributed by atoms with van der Waals surface area (Å²) in [5, 5.41) is 13.8. The van der Waals surface area contributed by atoms with Gasteiger partial charge in [0.15, 0.2) is 0 Å². The third kappa shape index (κ3) is 38.7. The van der Waals surface area contributed by atoms with E-state index in [0.29, 0.717) is 17.4 Å². The SMILES string of the molecule is CCCCC/C=C\C/C=C\CCCCCCCC(=O)NC(COP(=O)(O)OCC[N+](C)(C)C)C(O)/C=C/CC/C=C/CCCCCCCCCCCCC. The summed E-state index contributed by atoms with van der Waals surface area (Å²) in [5.74, 6) is -0.203. The maximum Gasteiger partial charge on any atom is 0.472 e. The van der Waals surface area contributed by atoms with Crippen LogP contribution in [0.4, 0.5) is 0 Å². The van der Waals surface area contributed by atoms with E-state index in [1.54, 1.807) is 6.08 Å². The number of nitrogens with zero attached hydrogens (tertiary/aromatic N) is 1. The lowest BCUT2D eigenvalue weighted by molar-refractivity contribution is -0.870. The van der Waals surface area contributed by atoms with Crippen LogP contribution >= 0.6 is 7.82 Å². The second-order valence-corrected chi connectivity index (χ2v) is 17.5. The molecule has 0 radical (unpaired) electrons. The van der Waals surface area contributed by atoms with Crippen molar-refractivity contribution in [3.8, 4) is 0 Å². The Morgan fingerprint density at radius 3 is 1.63 bits per heavy atom. The molecule has 0 saturated carbocycles. The maximum atomic E-state index is 12.8. The second kappa shape index (κ2) is 37.1. The number of carbonyl (C=O) groups is 1. The van der Waals surface area contributed by atoms with Gasteiger partial charge < -0.3 is 19.8 Å². The van der Waals surface area contributed by atoms with E-state index >= 15 is 0 Å². The lowest BCUT2D eigenvalue weighted by Crippen LogP contribution is -2.45. The highest BCUT2D eigenvalue weighted by molar-refractivity contribution is 7.47. The fourth-order valence-electron chi connectivity index (χ4n) is 5.97. The summed E-state index contributed by atoms with van der Waals surface area (Å²) in [7, 11) is 1.54. The van der Waals surface area contributed by atoms with Crippen molar-refractivity contribution >= 4 is 13.7 Å². The molecule has 0 aromatic rings. The smallest absolute Gasteiger partial charge is 0.387 e. The minimum atomic E-state index is -4.35. The third-order valence-electron chi connectivity index (χ3n) is 9.52. The van der Waals surface area contributed by atoms with Crippen LogP contribution in [0, 0.1) is 0 Å². The highest BCUT2D eigenvalue weighted by Gasteiger charge is 2.27. The molecule has 316 valence electrons. The Labute approximate surface area is 333 Å². The number of aliphatic hydroxyl groups is 1. The minimum absolute atomic E-state index is 0.0519. The Kier molecular flexibility index (Phi) is 36.0. The van der Waals surface area contributed by atoms with Gasteiger partial charge in [-0.15, -0.1) is 0 Å². The average molecular weight is 782 g/mol. The van der Waals surface area contributed by atoms with E-state index in [4.69, 9.17) is 9.05 Å². The molecule has 8 nitrogen and oxygen atoms in total. The summed E-state index contributed by atoms with van der Waals surface area (Å²) in [5.41, 5.74) is 0. The molecule has 0 aliphatic rings. The molecule has 0 aliphatic carbocycles. The quantitative estimate of drug-likeness (QED) is 0.0248. The van der Waals surface area contributed by atoms with Crippen LogP contribution in [-0.4, -0.2) is 73.4 Å². The van der Waals surface area contributed by atoms with E-state index in [-0.39, 0.29) is 19.1 Å². The first-order valence-electron chi connectivity index (χ1n) is 22.0. The molecule has 54 heavy (non-hydrogen) atoms. The van der Waals surface area contributed by atoms with E-state index in [1.807, 2.05) is 27.2 Å². The molecule has 0 aliphatic heterocycles. The monoisotopic (exact) mass is 782 g/mol. The lowest BCUT2D eigenvalue weighted by Gasteiger charge is -2.25. The molecular formula is C45H86N2O6P+. The van der Waals surface area contributed by atoms with Crippen molar-refractivity contribution in [1.29, 1.82) is 0 Å². The molecule has 0 aromatic carbocycles. The van der Waals surface area contributed by atoms with E-state index in [1.165, 1.54) is 96.3 Å². The first-order valence-corrected chi connectivity index (χ1v) is 23.5. The third-order valence-corrected chi connectivity index (χ3v) is 10.5. The number of hydrogen-bond acceptors (Lipinski definition) is 5. The van der Waals surface area contributed by atoms with E-state index in [0.717, 1.165) is 64.2 Å². The Balaban J connectivity index is 4.53. The van der Waals surface area contributed by atoms with Crippen LogP contribution in [0.2, 0.25) is 0 Å². The fourth-order valence-corrected chi connectivity index (χ4v) is 6.70. The molecule has 3 unspecified atom stereocenters. The second-order valence-electron chi connectivity index (χ2n) is 16.1. The summed E-state index contributed by atoms with van der Waals surface area (Å²) in [4.78, 5) is 23.1. The first kappa shape index (κ1) is 52.5. The normalized spacial score (nSPS) is 14.9. The number of aliphatic hydroxyl groups excluding tert-OH is 1. The summed E-state index contributed by atoms with van der Waals surface area (Å²) in [6.07, 6.45) is 46.1. The van der Waals surface area contributed by atoms with E-state index < -0.39 is 20.0 Å². The number of allylic oxidation sites excluding steroid dienone is 7. The molecule has 0 fully saturated rings. The summed E-state index contributed by atoms with van der Waals surface area (Å²) in [6, 6.07) is -0.870. The standard InChI is InChI=1S/C45H85N2O6P/c1-6-8-10-12-14-16-18-20-22-23-25-26-28-30-32-34-36-38-44(48)43(42-53-54(50,51)52-41-40-47(3,4)5)46-45(49)39-37-35-33-31-29-27-24-21-19-17-15-13-11-9-7-2/h15,17,21,24,28,30,36,38,43-44,48H,6-14,16,18-20,22-23,25-27,29,31-35,37,39-42H2,1-5H3,(H-,46,49,50,51)/p+1/b17-15-,24-21-,30-28+,38-36+. The number of amides is 1. The van der Waals surface area contributed by atoms with Gasteiger partial charge in [0, 0.05) is 6.42 Å². The van der Waals surface area contributed by atoms with Crippen LogP contribution in [0.1, 0.15) is 181 Å². The molecule has 0 spiro atoms. The molecule has 0 heterocycles. The molecule has 9 heteroatoms. The van der Waals surface area contributed by atoms with Crippen molar-refractivity contribution in [1.82, 2.24) is 5.32 Å². The summed E-state index contributed by atoms with van der Waals surface area (Å²) < 4.78 is 23.5. The number of carbonyl (C=O) groups excluding carboxylic acids is 1. The lowest BCUT2D eigenvalue weighted by atomic mass is 10.1. The van der Waals surface area contributed by atoms with Crippen LogP contribution < -0.4 is 5.32 Å². The number of hydrogen-bond donors (Lipinski definition) is 3. The van der Waals surface area contributed by atoms with Crippen molar-refractivity contribution < 1.29 is 32.9 Å². The van der Waals surface area contributed by atoms with Crippen molar-refractivity contribution in [2.24, 2.45) is 0 Å². The summed E-state index contributed by atoms with van der Waals surface area (Å²) >= 11 is 0. The van der Waals surface area contributed by atoms with Crippen molar-refractivity contribution in [2.75, 3.05) is 40.9 Å². The van der Waals surface area contributed by atoms with Gasteiger partial charge in [-0.2, -0.15) is 0 Å². The van der Waals surface area contributed by atoms with Gasteiger partial charge in [0.1, 0.15) is 13.2 Å².